The highest BCUT2D eigenvalue weighted by molar-refractivity contribution is 5.48. The molecule has 4 nitrogen and oxygen atoms in total. The lowest BCUT2D eigenvalue weighted by molar-refractivity contribution is -0.0309. The summed E-state index contributed by atoms with van der Waals surface area (Å²) in [6.07, 6.45) is 2.46. The van der Waals surface area contributed by atoms with Gasteiger partial charge in [0, 0.05) is 17.5 Å². The lowest BCUT2D eigenvalue weighted by atomic mass is 9.63. The van der Waals surface area contributed by atoms with Crippen molar-refractivity contribution in [3.05, 3.63) is 23.8 Å². The Hall–Kier alpha value is -1.26. The van der Waals surface area contributed by atoms with E-state index in [4.69, 9.17) is 15.2 Å². The SMILES string of the molecule is COc1cccc(C(O)C2(CN)CCC2)c1OC. The minimum absolute atomic E-state index is 0.195. The molecule has 0 aromatic heterocycles. The molecule has 2 rings (SSSR count). The molecule has 1 unspecified atom stereocenters. The zero-order valence-electron chi connectivity index (χ0n) is 11.0. The highest BCUT2D eigenvalue weighted by Crippen LogP contribution is 2.52. The van der Waals surface area contributed by atoms with E-state index in [9.17, 15) is 5.11 Å². The lowest BCUT2D eigenvalue weighted by Crippen LogP contribution is -2.42. The number of benzene rings is 1. The first-order chi connectivity index (χ1) is 8.68. The van der Waals surface area contributed by atoms with Gasteiger partial charge in [0.2, 0.25) is 0 Å². The molecule has 1 aromatic carbocycles. The lowest BCUT2D eigenvalue weighted by Gasteiger charge is -2.45. The van der Waals surface area contributed by atoms with Crippen molar-refractivity contribution < 1.29 is 14.6 Å². The third-order valence-electron chi connectivity index (χ3n) is 4.06. The predicted octanol–water partition coefficient (Wildman–Crippen LogP) is 1.87. The molecule has 1 aliphatic carbocycles. The van der Waals surface area contributed by atoms with Gasteiger partial charge in [-0.25, -0.2) is 0 Å². The van der Waals surface area contributed by atoms with E-state index in [2.05, 4.69) is 0 Å². The van der Waals surface area contributed by atoms with Gasteiger partial charge in [-0.3, -0.25) is 0 Å². The minimum Gasteiger partial charge on any atom is -0.493 e. The molecule has 0 radical (unpaired) electrons. The molecule has 1 atom stereocenters. The molecule has 0 spiro atoms. The molecule has 0 saturated heterocycles. The molecular formula is C14H21NO3. The zero-order chi connectivity index (χ0) is 13.2. The van der Waals surface area contributed by atoms with Crippen LogP contribution in [0.4, 0.5) is 0 Å². The molecule has 0 amide bonds. The molecule has 4 heteroatoms. The van der Waals surface area contributed by atoms with E-state index in [1.54, 1.807) is 14.2 Å². The molecule has 1 fully saturated rings. The largest absolute Gasteiger partial charge is 0.493 e. The summed E-state index contributed by atoms with van der Waals surface area (Å²) in [7, 11) is 3.18. The van der Waals surface area contributed by atoms with Gasteiger partial charge >= 0.3 is 0 Å². The summed E-state index contributed by atoms with van der Waals surface area (Å²) < 4.78 is 10.6. The standard InChI is InChI=1S/C14H21NO3/c1-17-11-6-3-5-10(12(11)18-2)13(16)14(9-15)7-4-8-14/h3,5-6,13,16H,4,7-9,15H2,1-2H3. The van der Waals surface area contributed by atoms with Crippen LogP contribution in [0, 0.1) is 5.41 Å². The highest BCUT2D eigenvalue weighted by atomic mass is 16.5. The van der Waals surface area contributed by atoms with Crippen LogP contribution in [-0.4, -0.2) is 25.9 Å². The van der Waals surface area contributed by atoms with Crippen molar-refractivity contribution in [1.82, 2.24) is 0 Å². The molecule has 0 aliphatic heterocycles. The Morgan fingerprint density at radius 1 is 1.33 bits per heavy atom. The maximum Gasteiger partial charge on any atom is 0.166 e. The van der Waals surface area contributed by atoms with Gasteiger partial charge in [0.15, 0.2) is 11.5 Å². The first-order valence-corrected chi connectivity index (χ1v) is 6.27. The maximum atomic E-state index is 10.6. The number of hydrogen-bond donors (Lipinski definition) is 2. The van der Waals surface area contributed by atoms with Crippen LogP contribution >= 0.6 is 0 Å². The minimum atomic E-state index is -0.596. The number of nitrogens with two attached hydrogens (primary N) is 1. The molecule has 100 valence electrons. The van der Waals surface area contributed by atoms with Gasteiger partial charge in [0.05, 0.1) is 20.3 Å². The quantitative estimate of drug-likeness (QED) is 0.838. The third kappa shape index (κ3) is 1.95. The van der Waals surface area contributed by atoms with Gasteiger partial charge in [-0.1, -0.05) is 18.6 Å². The molecule has 18 heavy (non-hydrogen) atoms. The fraction of sp³-hybridized carbons (Fsp3) is 0.571. The normalized spacial score (nSPS) is 18.9. The molecule has 1 aliphatic rings. The van der Waals surface area contributed by atoms with Crippen molar-refractivity contribution in [3.63, 3.8) is 0 Å². The topological polar surface area (TPSA) is 64.7 Å². The van der Waals surface area contributed by atoms with Crippen molar-refractivity contribution in [1.29, 1.82) is 0 Å². The van der Waals surface area contributed by atoms with E-state index in [0.717, 1.165) is 24.8 Å². The number of ether oxygens (including phenoxy) is 2. The summed E-state index contributed by atoms with van der Waals surface area (Å²) in [5.41, 5.74) is 6.41. The second kappa shape index (κ2) is 5.16. The van der Waals surface area contributed by atoms with Crippen molar-refractivity contribution in [2.75, 3.05) is 20.8 Å². The van der Waals surface area contributed by atoms with Crippen molar-refractivity contribution >= 4 is 0 Å². The van der Waals surface area contributed by atoms with E-state index in [-0.39, 0.29) is 5.41 Å². The van der Waals surface area contributed by atoms with Gasteiger partial charge in [-0.05, 0) is 18.9 Å². The second-order valence-electron chi connectivity index (χ2n) is 4.91. The first-order valence-electron chi connectivity index (χ1n) is 6.27. The number of aliphatic hydroxyl groups is 1. The van der Waals surface area contributed by atoms with Gasteiger partial charge < -0.3 is 20.3 Å². The Morgan fingerprint density at radius 3 is 2.50 bits per heavy atom. The first kappa shape index (κ1) is 13.2. The number of hydrogen-bond acceptors (Lipinski definition) is 4. The van der Waals surface area contributed by atoms with Crippen LogP contribution in [0.5, 0.6) is 11.5 Å². The fourth-order valence-electron chi connectivity index (χ4n) is 2.68. The Morgan fingerprint density at radius 2 is 2.06 bits per heavy atom. The summed E-state index contributed by atoms with van der Waals surface area (Å²) in [5, 5.41) is 10.6. The maximum absolute atomic E-state index is 10.6. The molecule has 3 N–H and O–H groups in total. The number of rotatable bonds is 5. The van der Waals surface area contributed by atoms with Crippen LogP contribution in [0.1, 0.15) is 30.9 Å². The summed E-state index contributed by atoms with van der Waals surface area (Å²) >= 11 is 0. The number of para-hydroxylation sites is 1. The smallest absolute Gasteiger partial charge is 0.166 e. The second-order valence-corrected chi connectivity index (χ2v) is 4.91. The van der Waals surface area contributed by atoms with Crippen LogP contribution in [0.3, 0.4) is 0 Å². The summed E-state index contributed by atoms with van der Waals surface area (Å²) in [4.78, 5) is 0. The summed E-state index contributed by atoms with van der Waals surface area (Å²) in [6.45, 7) is 0.495. The van der Waals surface area contributed by atoms with Crippen LogP contribution < -0.4 is 15.2 Å². The van der Waals surface area contributed by atoms with Gasteiger partial charge in [-0.15, -0.1) is 0 Å². The Bertz CT molecular complexity index is 410. The molecule has 0 heterocycles. The van der Waals surface area contributed by atoms with Crippen molar-refractivity contribution in [3.8, 4) is 11.5 Å². The van der Waals surface area contributed by atoms with Gasteiger partial charge in [-0.2, -0.15) is 0 Å². The van der Waals surface area contributed by atoms with Crippen LogP contribution in [0.25, 0.3) is 0 Å². The van der Waals surface area contributed by atoms with Crippen molar-refractivity contribution in [2.45, 2.75) is 25.4 Å². The molecule has 1 saturated carbocycles. The summed E-state index contributed by atoms with van der Waals surface area (Å²) in [5.74, 6) is 1.24. The number of aliphatic hydroxyl groups excluding tert-OH is 1. The van der Waals surface area contributed by atoms with Gasteiger partial charge in [0.25, 0.3) is 0 Å². The molecular weight excluding hydrogens is 230 g/mol. The number of methoxy groups -OCH3 is 2. The van der Waals surface area contributed by atoms with E-state index < -0.39 is 6.10 Å². The van der Waals surface area contributed by atoms with Crippen LogP contribution in [0.2, 0.25) is 0 Å². The zero-order valence-corrected chi connectivity index (χ0v) is 11.0. The van der Waals surface area contributed by atoms with E-state index in [1.165, 1.54) is 0 Å². The third-order valence-corrected chi connectivity index (χ3v) is 4.06. The highest BCUT2D eigenvalue weighted by Gasteiger charge is 2.44. The fourth-order valence-corrected chi connectivity index (χ4v) is 2.68. The Kier molecular flexibility index (Phi) is 3.78. The summed E-state index contributed by atoms with van der Waals surface area (Å²) in [6, 6.07) is 5.56. The molecule has 0 bridgehead atoms. The Labute approximate surface area is 108 Å². The average Bonchev–Trinajstić information content (AvgIpc) is 2.36. The van der Waals surface area contributed by atoms with Crippen LogP contribution in [0.15, 0.2) is 18.2 Å². The van der Waals surface area contributed by atoms with E-state index in [1.807, 2.05) is 18.2 Å². The van der Waals surface area contributed by atoms with Crippen LogP contribution in [-0.2, 0) is 0 Å². The van der Waals surface area contributed by atoms with Gasteiger partial charge in [0.1, 0.15) is 0 Å². The van der Waals surface area contributed by atoms with E-state index in [0.29, 0.717) is 18.0 Å². The predicted molar refractivity (Wildman–Crippen MR) is 69.8 cm³/mol. The molecule has 1 aromatic rings. The Balaban J connectivity index is 2.38. The average molecular weight is 251 g/mol. The van der Waals surface area contributed by atoms with Crippen molar-refractivity contribution in [2.24, 2.45) is 11.1 Å². The monoisotopic (exact) mass is 251 g/mol. The van der Waals surface area contributed by atoms with E-state index >= 15 is 0 Å².